The number of nitrogens with two attached hydrogens (primary N) is 1. The van der Waals surface area contributed by atoms with Gasteiger partial charge in [-0.25, -0.2) is 9.97 Å². The van der Waals surface area contributed by atoms with E-state index in [1.54, 1.807) is 22.7 Å². The molecule has 4 rings (SSSR count). The zero-order valence-corrected chi connectivity index (χ0v) is 18.2. The normalized spacial score (nSPS) is 10.4. The second-order valence-corrected chi connectivity index (χ2v) is 8.34. The summed E-state index contributed by atoms with van der Waals surface area (Å²) in [6.07, 6.45) is 0. The quantitative estimate of drug-likeness (QED) is 0.381. The first-order chi connectivity index (χ1) is 13.6. The smallest absolute Gasteiger partial charge is 0.123 e. The number of nitrogens with zero attached hydrogens (tertiary/aromatic N) is 2. The van der Waals surface area contributed by atoms with Crippen LogP contribution in [-0.4, -0.2) is 9.97 Å². The lowest BCUT2D eigenvalue weighted by Gasteiger charge is -1.96. The maximum atomic E-state index is 5.70. The fourth-order valence-corrected chi connectivity index (χ4v) is 4.32. The zero-order chi connectivity index (χ0) is 19.9. The van der Waals surface area contributed by atoms with Crippen molar-refractivity contribution in [2.24, 2.45) is 5.73 Å². The summed E-state index contributed by atoms with van der Waals surface area (Å²) in [5, 5.41) is 6.10. The van der Waals surface area contributed by atoms with Gasteiger partial charge in [-0.15, -0.1) is 34.3 Å². The molecule has 0 unspecified atom stereocenters. The van der Waals surface area contributed by atoms with E-state index >= 15 is 0 Å². The lowest BCUT2D eigenvalue weighted by atomic mass is 10.2. The third kappa shape index (κ3) is 5.49. The van der Waals surface area contributed by atoms with E-state index in [0.717, 1.165) is 27.0 Å². The highest BCUT2D eigenvalue weighted by Gasteiger charge is 2.03. The van der Waals surface area contributed by atoms with Crippen molar-refractivity contribution in [3.63, 3.8) is 0 Å². The number of benzene rings is 2. The minimum absolute atomic E-state index is 0.488. The summed E-state index contributed by atoms with van der Waals surface area (Å²) in [6, 6.07) is 16.7. The monoisotopic (exact) mass is 427 g/mol. The molecule has 0 bridgehead atoms. The highest BCUT2D eigenvalue weighted by Crippen LogP contribution is 2.25. The van der Waals surface area contributed by atoms with Crippen LogP contribution in [0.3, 0.4) is 0 Å². The van der Waals surface area contributed by atoms with Gasteiger partial charge in [-0.05, 0) is 13.8 Å². The molecule has 0 aliphatic carbocycles. The Morgan fingerprint density at radius 1 is 0.750 bits per heavy atom. The van der Waals surface area contributed by atoms with Crippen LogP contribution in [0.1, 0.15) is 22.5 Å². The molecule has 0 atom stereocenters. The third-order valence-electron chi connectivity index (χ3n) is 4.05. The van der Waals surface area contributed by atoms with Crippen molar-refractivity contribution in [1.82, 2.24) is 9.97 Å². The van der Waals surface area contributed by atoms with E-state index in [0.29, 0.717) is 12.4 Å². The Kier molecular flexibility index (Phi) is 7.34. The van der Waals surface area contributed by atoms with Gasteiger partial charge in [-0.3, -0.25) is 0 Å². The zero-order valence-electron chi connectivity index (χ0n) is 15.9. The second kappa shape index (κ2) is 9.94. The van der Waals surface area contributed by atoms with Crippen molar-refractivity contribution in [1.29, 1.82) is 0 Å². The number of aryl methyl sites for hydroxylation is 2. The predicted molar refractivity (Wildman–Crippen MR) is 122 cm³/mol. The van der Waals surface area contributed by atoms with Crippen molar-refractivity contribution < 1.29 is 0 Å². The first-order valence-corrected chi connectivity index (χ1v) is 11.2. The predicted octanol–water partition coefficient (Wildman–Crippen LogP) is 6.43. The molecule has 6 heteroatoms. The fourth-order valence-electron chi connectivity index (χ4n) is 2.43. The van der Waals surface area contributed by atoms with Crippen molar-refractivity contribution in [2.45, 2.75) is 26.3 Å². The van der Waals surface area contributed by atoms with E-state index in [4.69, 9.17) is 17.3 Å². The summed E-state index contributed by atoms with van der Waals surface area (Å²) in [4.78, 5) is 8.84. The summed E-state index contributed by atoms with van der Waals surface area (Å²) in [7, 11) is 0. The summed E-state index contributed by atoms with van der Waals surface area (Å²) >= 11 is 8.98. The Balaban J connectivity index is 0.000000161. The lowest BCUT2D eigenvalue weighted by Crippen LogP contribution is -1.95. The highest BCUT2D eigenvalue weighted by atomic mass is 35.5. The first-order valence-electron chi connectivity index (χ1n) is 8.88. The van der Waals surface area contributed by atoms with Crippen LogP contribution >= 0.6 is 34.3 Å². The maximum Gasteiger partial charge on any atom is 0.123 e. The van der Waals surface area contributed by atoms with Crippen LogP contribution in [0.5, 0.6) is 0 Å². The van der Waals surface area contributed by atoms with Crippen LogP contribution in [0.25, 0.3) is 21.1 Å². The molecule has 0 spiro atoms. The number of aromatic nitrogens is 2. The van der Waals surface area contributed by atoms with Crippen LogP contribution < -0.4 is 5.73 Å². The van der Waals surface area contributed by atoms with Gasteiger partial charge in [0.1, 0.15) is 10.0 Å². The van der Waals surface area contributed by atoms with Crippen molar-refractivity contribution in [3.8, 4) is 21.1 Å². The molecule has 2 N–H and O–H groups in total. The van der Waals surface area contributed by atoms with E-state index in [-0.39, 0.29) is 0 Å². The molecule has 0 saturated heterocycles. The molecule has 4 aromatic rings. The highest BCUT2D eigenvalue weighted by molar-refractivity contribution is 7.13. The van der Waals surface area contributed by atoms with Crippen molar-refractivity contribution in [2.75, 3.05) is 0 Å². The number of alkyl halides is 1. The molecule has 28 heavy (non-hydrogen) atoms. The van der Waals surface area contributed by atoms with Gasteiger partial charge in [0.25, 0.3) is 0 Å². The van der Waals surface area contributed by atoms with Gasteiger partial charge < -0.3 is 5.73 Å². The molecule has 0 aliphatic heterocycles. The van der Waals surface area contributed by atoms with Gasteiger partial charge in [-0.1, -0.05) is 59.7 Å². The summed E-state index contributed by atoms with van der Waals surface area (Å²) in [6.45, 7) is 4.68. The summed E-state index contributed by atoms with van der Waals surface area (Å²) in [5.41, 5.74) is 12.3. The van der Waals surface area contributed by atoms with E-state index in [2.05, 4.69) is 72.3 Å². The molecule has 0 saturated carbocycles. The number of thiazole rings is 2. The Bertz CT molecular complexity index is 921. The standard InChI is InChI=1S/C11H10ClNS.C11H12N2S/c2*1-8-2-4-9(5-3-8)11-13-10(6-12)7-14-11/h2-5,7H,6H2,1H3;2-5,7H,6,12H2,1H3. The average Bonchev–Trinajstić information content (AvgIpc) is 3.39. The Morgan fingerprint density at radius 2 is 1.18 bits per heavy atom. The van der Waals surface area contributed by atoms with Crippen LogP contribution in [0.2, 0.25) is 0 Å². The Labute approximate surface area is 178 Å². The van der Waals surface area contributed by atoms with E-state index in [1.807, 2.05) is 10.8 Å². The van der Waals surface area contributed by atoms with Gasteiger partial charge >= 0.3 is 0 Å². The van der Waals surface area contributed by atoms with Crippen LogP contribution in [-0.2, 0) is 12.4 Å². The molecule has 0 amide bonds. The van der Waals surface area contributed by atoms with Gasteiger partial charge in [0.05, 0.1) is 17.3 Å². The number of rotatable bonds is 4. The van der Waals surface area contributed by atoms with Gasteiger partial charge in [0.2, 0.25) is 0 Å². The molecule has 2 aromatic carbocycles. The van der Waals surface area contributed by atoms with E-state index < -0.39 is 0 Å². The number of hydrogen-bond acceptors (Lipinski definition) is 5. The molecule has 0 aliphatic rings. The summed E-state index contributed by atoms with van der Waals surface area (Å²) in [5.74, 6) is 0.488. The average molecular weight is 428 g/mol. The SMILES string of the molecule is Cc1ccc(-c2nc(CCl)cs2)cc1.Cc1ccc(-c2nc(CN)cs2)cc1. The van der Waals surface area contributed by atoms with Crippen molar-refractivity contribution >= 4 is 34.3 Å². The fraction of sp³-hybridized carbons (Fsp3) is 0.182. The van der Waals surface area contributed by atoms with Crippen molar-refractivity contribution in [3.05, 3.63) is 81.8 Å². The molecular weight excluding hydrogens is 406 g/mol. The van der Waals surface area contributed by atoms with E-state index in [1.165, 1.54) is 16.7 Å². The van der Waals surface area contributed by atoms with Crippen LogP contribution in [0, 0.1) is 13.8 Å². The van der Waals surface area contributed by atoms with Gasteiger partial charge in [0, 0.05) is 28.4 Å². The molecule has 0 radical (unpaired) electrons. The van der Waals surface area contributed by atoms with Gasteiger partial charge in [0.15, 0.2) is 0 Å². The van der Waals surface area contributed by atoms with Crippen LogP contribution in [0.4, 0.5) is 0 Å². The minimum Gasteiger partial charge on any atom is -0.325 e. The maximum absolute atomic E-state index is 5.70. The molecule has 0 fully saturated rings. The largest absolute Gasteiger partial charge is 0.325 e. The van der Waals surface area contributed by atoms with E-state index in [9.17, 15) is 0 Å². The third-order valence-corrected chi connectivity index (χ3v) is 6.20. The minimum atomic E-state index is 0.488. The first kappa shape index (κ1) is 20.7. The van der Waals surface area contributed by atoms with Gasteiger partial charge in [-0.2, -0.15) is 0 Å². The number of halogens is 1. The second-order valence-electron chi connectivity index (χ2n) is 6.36. The number of hydrogen-bond donors (Lipinski definition) is 1. The Hall–Kier alpha value is -2.05. The summed E-state index contributed by atoms with van der Waals surface area (Å²) < 4.78 is 0. The molecule has 144 valence electrons. The lowest BCUT2D eigenvalue weighted by molar-refractivity contribution is 1.01. The molecule has 2 aromatic heterocycles. The van der Waals surface area contributed by atoms with Crippen LogP contribution in [0.15, 0.2) is 59.3 Å². The molecule has 3 nitrogen and oxygen atoms in total. The topological polar surface area (TPSA) is 51.8 Å². The molecular formula is C22H22ClN3S2. The Morgan fingerprint density at radius 3 is 1.54 bits per heavy atom. The molecule has 2 heterocycles.